The molecule has 1 aromatic rings. The number of nitrogens with zero attached hydrogens (tertiary/aromatic N) is 1. The third-order valence-electron chi connectivity index (χ3n) is 2.86. The van der Waals surface area contributed by atoms with E-state index in [9.17, 15) is 4.39 Å². The lowest BCUT2D eigenvalue weighted by Crippen LogP contribution is -2.28. The molecule has 0 saturated heterocycles. The highest BCUT2D eigenvalue weighted by Gasteiger charge is 2.13. The zero-order valence-electron chi connectivity index (χ0n) is 9.83. The Morgan fingerprint density at radius 2 is 2.19 bits per heavy atom. The second-order valence-electron chi connectivity index (χ2n) is 3.90. The van der Waals surface area contributed by atoms with Gasteiger partial charge in [-0.3, -0.25) is 0 Å². The lowest BCUT2D eigenvalue weighted by molar-refractivity contribution is 0.599. The van der Waals surface area contributed by atoms with E-state index in [2.05, 4.69) is 13.8 Å². The number of hydrogen-bond acceptors (Lipinski definition) is 2. The molecule has 0 saturated carbocycles. The monoisotopic (exact) mass is 240 g/mol. The number of anilines is 1. The predicted molar refractivity (Wildman–Crippen MR) is 70.4 cm³/mol. The van der Waals surface area contributed by atoms with Gasteiger partial charge in [-0.1, -0.05) is 19.1 Å². The van der Waals surface area contributed by atoms with Crippen molar-refractivity contribution in [2.45, 2.75) is 26.3 Å². The molecule has 88 valence electrons. The van der Waals surface area contributed by atoms with E-state index >= 15 is 0 Å². The highest BCUT2D eigenvalue weighted by atomic mass is 32.1. The fraction of sp³-hybridized carbons (Fsp3) is 0.417. The van der Waals surface area contributed by atoms with Gasteiger partial charge < -0.3 is 10.6 Å². The van der Waals surface area contributed by atoms with E-state index < -0.39 is 0 Å². The Bertz CT molecular complexity index is 393. The molecule has 0 aliphatic carbocycles. The van der Waals surface area contributed by atoms with E-state index in [1.165, 1.54) is 6.07 Å². The van der Waals surface area contributed by atoms with Crippen LogP contribution in [0.1, 0.15) is 25.8 Å². The first-order chi connectivity index (χ1) is 7.47. The van der Waals surface area contributed by atoms with Gasteiger partial charge in [0.25, 0.3) is 0 Å². The van der Waals surface area contributed by atoms with E-state index in [4.69, 9.17) is 18.0 Å². The van der Waals surface area contributed by atoms with Crippen molar-refractivity contribution in [2.75, 3.05) is 11.9 Å². The SMILES string of the molecule is CCC(C)N(C)c1ccc(C(N)=S)cc1F. The van der Waals surface area contributed by atoms with Crippen molar-refractivity contribution in [1.82, 2.24) is 0 Å². The van der Waals surface area contributed by atoms with Crippen LogP contribution < -0.4 is 10.6 Å². The minimum atomic E-state index is -0.284. The van der Waals surface area contributed by atoms with Crippen molar-refractivity contribution < 1.29 is 4.39 Å². The summed E-state index contributed by atoms with van der Waals surface area (Å²) in [6.07, 6.45) is 0.965. The van der Waals surface area contributed by atoms with Crippen molar-refractivity contribution in [1.29, 1.82) is 0 Å². The molecule has 0 radical (unpaired) electrons. The molecule has 0 aliphatic heterocycles. The van der Waals surface area contributed by atoms with Crippen LogP contribution in [-0.2, 0) is 0 Å². The van der Waals surface area contributed by atoms with Gasteiger partial charge in [-0.25, -0.2) is 4.39 Å². The van der Waals surface area contributed by atoms with E-state index in [-0.39, 0.29) is 10.8 Å². The topological polar surface area (TPSA) is 29.3 Å². The molecule has 1 rings (SSSR count). The number of halogens is 1. The summed E-state index contributed by atoms with van der Waals surface area (Å²) in [5.41, 5.74) is 6.59. The highest BCUT2D eigenvalue weighted by Crippen LogP contribution is 2.22. The largest absolute Gasteiger partial charge is 0.389 e. The van der Waals surface area contributed by atoms with Crippen LogP contribution in [0.25, 0.3) is 0 Å². The Balaban J connectivity index is 3.03. The molecule has 1 atom stereocenters. The van der Waals surface area contributed by atoms with Crippen LogP contribution in [0.5, 0.6) is 0 Å². The van der Waals surface area contributed by atoms with Crippen LogP contribution in [0.15, 0.2) is 18.2 Å². The van der Waals surface area contributed by atoms with Gasteiger partial charge in [0.15, 0.2) is 0 Å². The second kappa shape index (κ2) is 5.25. The van der Waals surface area contributed by atoms with Gasteiger partial charge in [0.1, 0.15) is 10.8 Å². The summed E-state index contributed by atoms with van der Waals surface area (Å²) in [6, 6.07) is 5.15. The van der Waals surface area contributed by atoms with E-state index in [1.807, 2.05) is 11.9 Å². The first kappa shape index (κ1) is 12.9. The van der Waals surface area contributed by atoms with Crippen LogP contribution in [0.3, 0.4) is 0 Å². The lowest BCUT2D eigenvalue weighted by Gasteiger charge is -2.26. The molecule has 0 aliphatic rings. The van der Waals surface area contributed by atoms with Crippen LogP contribution >= 0.6 is 12.2 Å². The summed E-state index contributed by atoms with van der Waals surface area (Å²) in [7, 11) is 1.88. The number of rotatable bonds is 4. The number of nitrogens with two attached hydrogens (primary N) is 1. The Labute approximate surface area is 101 Å². The first-order valence-corrected chi connectivity index (χ1v) is 5.70. The van der Waals surface area contributed by atoms with Crippen LogP contribution in [-0.4, -0.2) is 18.1 Å². The van der Waals surface area contributed by atoms with Crippen molar-refractivity contribution in [3.63, 3.8) is 0 Å². The molecule has 0 heterocycles. The van der Waals surface area contributed by atoms with E-state index in [1.54, 1.807) is 12.1 Å². The van der Waals surface area contributed by atoms with Crippen LogP contribution in [0.2, 0.25) is 0 Å². The predicted octanol–water partition coefficient (Wildman–Crippen LogP) is 2.69. The number of thiocarbonyl (C=S) groups is 1. The summed E-state index contributed by atoms with van der Waals surface area (Å²) in [4.78, 5) is 2.13. The molecular formula is C12H17FN2S. The molecular weight excluding hydrogens is 223 g/mol. The summed E-state index contributed by atoms with van der Waals surface area (Å²) in [6.45, 7) is 4.13. The van der Waals surface area contributed by atoms with E-state index in [0.29, 0.717) is 17.3 Å². The molecule has 0 bridgehead atoms. The highest BCUT2D eigenvalue weighted by molar-refractivity contribution is 7.80. The minimum Gasteiger partial charge on any atom is -0.389 e. The molecule has 2 N–H and O–H groups in total. The van der Waals surface area contributed by atoms with Crippen LogP contribution in [0, 0.1) is 5.82 Å². The van der Waals surface area contributed by atoms with Gasteiger partial charge in [0, 0.05) is 18.7 Å². The van der Waals surface area contributed by atoms with Gasteiger partial charge >= 0.3 is 0 Å². The van der Waals surface area contributed by atoms with Gasteiger partial charge in [-0.2, -0.15) is 0 Å². The number of benzene rings is 1. The molecule has 1 aromatic carbocycles. The molecule has 0 fully saturated rings. The number of hydrogen-bond donors (Lipinski definition) is 1. The summed E-state index contributed by atoms with van der Waals surface area (Å²) in [5, 5.41) is 0. The Morgan fingerprint density at radius 1 is 1.56 bits per heavy atom. The Morgan fingerprint density at radius 3 is 2.62 bits per heavy atom. The first-order valence-electron chi connectivity index (χ1n) is 5.29. The fourth-order valence-corrected chi connectivity index (χ4v) is 1.58. The van der Waals surface area contributed by atoms with Crippen LogP contribution in [0.4, 0.5) is 10.1 Å². The average Bonchev–Trinajstić information content (AvgIpc) is 2.26. The lowest BCUT2D eigenvalue weighted by atomic mass is 10.1. The molecule has 2 nitrogen and oxygen atoms in total. The smallest absolute Gasteiger partial charge is 0.147 e. The molecule has 16 heavy (non-hydrogen) atoms. The van der Waals surface area contributed by atoms with Gasteiger partial charge in [0.05, 0.1) is 5.69 Å². The summed E-state index contributed by atoms with van der Waals surface area (Å²) >= 11 is 4.80. The quantitative estimate of drug-likeness (QED) is 0.820. The molecule has 0 spiro atoms. The maximum Gasteiger partial charge on any atom is 0.147 e. The molecule has 4 heteroatoms. The summed E-state index contributed by atoms with van der Waals surface area (Å²) < 4.78 is 13.8. The van der Waals surface area contributed by atoms with Gasteiger partial charge in [0.2, 0.25) is 0 Å². The normalized spacial score (nSPS) is 12.2. The third kappa shape index (κ3) is 2.70. The maximum atomic E-state index is 13.8. The van der Waals surface area contributed by atoms with Crippen molar-refractivity contribution in [2.24, 2.45) is 5.73 Å². The third-order valence-corrected chi connectivity index (χ3v) is 3.10. The van der Waals surface area contributed by atoms with Crippen molar-refractivity contribution >= 4 is 22.9 Å². The van der Waals surface area contributed by atoms with Gasteiger partial charge in [-0.15, -0.1) is 0 Å². The zero-order valence-corrected chi connectivity index (χ0v) is 10.6. The molecule has 0 aromatic heterocycles. The second-order valence-corrected chi connectivity index (χ2v) is 4.34. The molecule has 0 amide bonds. The summed E-state index contributed by atoms with van der Waals surface area (Å²) in [5.74, 6) is -0.284. The van der Waals surface area contributed by atoms with Gasteiger partial charge in [-0.05, 0) is 31.5 Å². The minimum absolute atomic E-state index is 0.219. The van der Waals surface area contributed by atoms with Crippen molar-refractivity contribution in [3.8, 4) is 0 Å². The Hall–Kier alpha value is -1.16. The molecule has 1 unspecified atom stereocenters. The Kier molecular flexibility index (Phi) is 4.24. The zero-order chi connectivity index (χ0) is 12.3. The van der Waals surface area contributed by atoms with E-state index in [0.717, 1.165) is 6.42 Å². The fourth-order valence-electron chi connectivity index (χ4n) is 1.46. The average molecular weight is 240 g/mol. The van der Waals surface area contributed by atoms with Crippen molar-refractivity contribution in [3.05, 3.63) is 29.6 Å². The standard InChI is InChI=1S/C12H17FN2S/c1-4-8(2)15(3)11-6-5-9(12(14)16)7-10(11)13/h5-8H,4H2,1-3H3,(H2,14,16). The maximum absolute atomic E-state index is 13.8.